The smallest absolute Gasteiger partial charge is 0.311 e. The van der Waals surface area contributed by atoms with Gasteiger partial charge < -0.3 is 120 Å². The zero-order valence-corrected chi connectivity index (χ0v) is 74.1. The lowest BCUT2D eigenvalue weighted by Crippen LogP contribution is -2.72. The molecule has 39 nitrogen and oxygen atoms in total. The van der Waals surface area contributed by atoms with E-state index < -0.39 is 251 Å². The van der Waals surface area contributed by atoms with Gasteiger partial charge in [0.2, 0.25) is 11.8 Å². The molecule has 5 heterocycles. The number of hydrogen-bond donors (Lipinski definition) is 2. The summed E-state index contributed by atoms with van der Waals surface area (Å²) in [5, 5.41) is 9.38. The Bertz CT molecular complexity index is 4300. The van der Waals surface area contributed by atoms with Gasteiger partial charge in [0.25, 0.3) is 0 Å². The summed E-state index contributed by atoms with van der Waals surface area (Å²) < 4.78 is 151. The maximum absolute atomic E-state index is 14.5. The minimum absolute atomic E-state index is 0.00858. The third-order valence-corrected chi connectivity index (χ3v) is 20.6. The molecule has 5 aliphatic heterocycles. The molecule has 39 heteroatoms. The number of ether oxygens (including phenoxy) is 23. The lowest BCUT2D eigenvalue weighted by Gasteiger charge is -2.52. The number of unbranched alkanes of at least 4 members (excludes halogenated alkanes) is 3. The molecule has 0 aromatic heterocycles. The Morgan fingerprint density at radius 3 is 1.16 bits per heavy atom. The van der Waals surface area contributed by atoms with E-state index in [4.69, 9.17) is 114 Å². The Morgan fingerprint density at radius 2 is 0.703 bits per heavy atom. The van der Waals surface area contributed by atoms with Crippen LogP contribution in [-0.2, 0) is 188 Å². The van der Waals surface area contributed by atoms with Gasteiger partial charge >= 0.3 is 53.7 Å². The molecule has 4 aromatic rings. The summed E-state index contributed by atoms with van der Waals surface area (Å²) >= 11 is 0. The van der Waals surface area contributed by atoms with E-state index in [-0.39, 0.29) is 39.6 Å². The van der Waals surface area contributed by atoms with Crippen LogP contribution in [0.4, 0.5) is 0 Å². The van der Waals surface area contributed by atoms with E-state index in [0.29, 0.717) is 36.8 Å². The van der Waals surface area contributed by atoms with Gasteiger partial charge in [0.15, 0.2) is 68.1 Å². The van der Waals surface area contributed by atoms with E-state index in [1.165, 1.54) is 6.92 Å². The van der Waals surface area contributed by atoms with Crippen molar-refractivity contribution < 1.29 is 162 Å². The highest BCUT2D eigenvalue weighted by atomic mass is 16.8. The van der Waals surface area contributed by atoms with Crippen LogP contribution in [0.2, 0.25) is 0 Å². The first-order chi connectivity index (χ1) is 61.1. The molecule has 9 rings (SSSR count). The molecule has 0 spiro atoms. The molecule has 2 amide bonds. The van der Waals surface area contributed by atoms with Crippen LogP contribution >= 0.6 is 0 Å². The topological polar surface area (TPSA) is 473 Å². The first kappa shape index (κ1) is 102. The first-order valence-electron chi connectivity index (χ1n) is 42.3. The van der Waals surface area contributed by atoms with Crippen molar-refractivity contribution in [1.82, 2.24) is 10.6 Å². The average molecular weight is 1800 g/mol. The molecule has 25 atom stereocenters. The zero-order valence-electron chi connectivity index (χ0n) is 74.1. The summed E-state index contributed by atoms with van der Waals surface area (Å²) in [4.78, 5) is 153. The van der Waals surface area contributed by atoms with Gasteiger partial charge in [-0.3, -0.25) is 52.7 Å². The first-order valence-corrected chi connectivity index (χ1v) is 42.3. The van der Waals surface area contributed by atoms with Crippen molar-refractivity contribution in [2.75, 3.05) is 39.6 Å². The van der Waals surface area contributed by atoms with Crippen molar-refractivity contribution in [1.29, 1.82) is 0 Å². The van der Waals surface area contributed by atoms with Crippen molar-refractivity contribution >= 4 is 65.5 Å². The molecule has 4 aromatic carbocycles. The molecule has 702 valence electrons. The number of azide groups is 1. The van der Waals surface area contributed by atoms with Gasteiger partial charge in [-0.2, -0.15) is 0 Å². The van der Waals surface area contributed by atoms with Gasteiger partial charge in [0, 0.05) is 87.3 Å². The average Bonchev–Trinajstić information content (AvgIpc) is 0.753. The van der Waals surface area contributed by atoms with Crippen LogP contribution in [0, 0.1) is 5.41 Å². The molecular weight excluding hydrogens is 1680 g/mol. The summed E-state index contributed by atoms with van der Waals surface area (Å²) in [5.74, 6) is -10.6. The van der Waals surface area contributed by atoms with Gasteiger partial charge in [-0.25, -0.2) is 0 Å². The number of esters is 9. The predicted molar refractivity (Wildman–Crippen MR) is 440 cm³/mol. The minimum Gasteiger partial charge on any atom is -0.463 e. The van der Waals surface area contributed by atoms with Crippen LogP contribution in [0.5, 0.6) is 0 Å². The second-order valence-electron chi connectivity index (χ2n) is 32.2. The van der Waals surface area contributed by atoms with Gasteiger partial charge in [0.05, 0.1) is 44.6 Å². The van der Waals surface area contributed by atoms with E-state index in [9.17, 15) is 52.7 Å². The van der Waals surface area contributed by atoms with Crippen molar-refractivity contribution in [3.8, 4) is 0 Å². The Hall–Kier alpha value is -10.2. The molecule has 5 aliphatic rings. The van der Waals surface area contributed by atoms with E-state index in [2.05, 4.69) is 20.7 Å². The summed E-state index contributed by atoms with van der Waals surface area (Å²) in [7, 11) is 0. The Morgan fingerprint density at radius 1 is 0.352 bits per heavy atom. The van der Waals surface area contributed by atoms with Crippen LogP contribution in [0.25, 0.3) is 10.4 Å². The van der Waals surface area contributed by atoms with Crippen LogP contribution in [0.3, 0.4) is 0 Å². The number of carbonyl (C=O) groups excluding carboxylic acids is 11. The Kier molecular flexibility index (Phi) is 39.8. The Balaban J connectivity index is 1.27. The summed E-state index contributed by atoms with van der Waals surface area (Å²) in [6.45, 7) is 13.9. The van der Waals surface area contributed by atoms with Gasteiger partial charge in [-0.1, -0.05) is 139 Å². The van der Waals surface area contributed by atoms with E-state index in [1.54, 1.807) is 39.8 Å². The molecule has 2 N–H and O–H groups in total. The van der Waals surface area contributed by atoms with Gasteiger partial charge in [-0.05, 0) is 68.3 Å². The van der Waals surface area contributed by atoms with Gasteiger partial charge in [-0.15, -0.1) is 0 Å². The summed E-state index contributed by atoms with van der Waals surface area (Å²) in [6.07, 6.45) is -37.9. The van der Waals surface area contributed by atoms with Crippen LogP contribution < -0.4 is 10.6 Å². The fourth-order valence-corrected chi connectivity index (χ4v) is 15.1. The fourth-order valence-electron chi connectivity index (χ4n) is 15.1. The van der Waals surface area contributed by atoms with Crippen molar-refractivity contribution in [2.24, 2.45) is 10.5 Å². The maximum Gasteiger partial charge on any atom is 0.311 e. The number of nitrogens with zero attached hydrogens (tertiary/aromatic N) is 3. The number of amides is 2. The lowest BCUT2D eigenvalue weighted by atomic mass is 9.93. The molecule has 0 unspecified atom stereocenters. The lowest BCUT2D eigenvalue weighted by molar-refractivity contribution is -0.389. The molecular formula is C89H117N5O34. The third-order valence-electron chi connectivity index (χ3n) is 20.6. The fraction of sp³-hybridized carbons (Fsp3) is 0.607. The number of rotatable bonds is 43. The standard InChI is InChI=1S/C89H117N5O34/c1-49-70(110-42-61-33-23-18-24-34-61)77(111-43-62-35-25-19-26-36-62)80(112-44-63-37-27-20-28-38-63)85(114-49)126-75-68(92-50(2)95)83(107-40-30-16-15-29-39-91-94-90)121-64(45-106-41-60-31-21-17-22-32-60)72(75)125-86-82(120-59(11)104)79(74(117-56(8)101)67(124-86)48-113-88(105)89(12,13)14)128-84-69(93-51(3)96)76(71(115-54(6)99)65(122-84)46-108-52(4)97)127-87-81(119-58(10)103)78(118-57(9)102)73(116-55(7)100)66(123-87)47-109-53(5)98/h17-28,31-38,49,64-87H,15-16,29-30,39-48H2,1-14H3,(H,92,95)(H,93,96)/t49-,64+,65+,66+,67+,68+,69+,70+,71+,72+,73-,74-,75+,76+,77+,78-,79-,80-,81+,82+,83+,84-,85-,86-,87-/m0/s1. The van der Waals surface area contributed by atoms with E-state index >= 15 is 0 Å². The highest BCUT2D eigenvalue weighted by Crippen LogP contribution is 2.42. The molecule has 0 bridgehead atoms. The largest absolute Gasteiger partial charge is 0.463 e. The van der Waals surface area contributed by atoms with Gasteiger partial charge in [0.1, 0.15) is 99.0 Å². The molecule has 128 heavy (non-hydrogen) atoms. The summed E-state index contributed by atoms with van der Waals surface area (Å²) in [5.41, 5.74) is 10.8. The summed E-state index contributed by atoms with van der Waals surface area (Å²) in [6, 6.07) is 33.6. The highest BCUT2D eigenvalue weighted by molar-refractivity contribution is 5.76. The second kappa shape index (κ2) is 50.1. The molecule has 0 saturated carbocycles. The maximum atomic E-state index is 14.5. The van der Waals surface area contributed by atoms with Crippen LogP contribution in [0.15, 0.2) is 126 Å². The number of nitrogens with one attached hydrogen (secondary N) is 2. The molecule has 5 fully saturated rings. The zero-order chi connectivity index (χ0) is 92.7. The van der Waals surface area contributed by atoms with Crippen molar-refractivity contribution in [3.63, 3.8) is 0 Å². The quantitative estimate of drug-likeness (QED) is 0.0109. The number of benzene rings is 4. The molecule has 0 aliphatic carbocycles. The second-order valence-corrected chi connectivity index (χ2v) is 32.2. The minimum atomic E-state index is -2.23. The molecule has 0 radical (unpaired) electrons. The SMILES string of the molecule is CC(=O)N[C@H]1[C@H](O[C@H]2[C@@H](OC(C)=O)[C@@H](COC(=O)C(C)(C)C)O[C@@H](O[C@H]3[C@H](O[C@@H]4O[C@@H](C)[C@@H](OCc5ccccc5)[C@@H](OCc5ccccc5)[C@@H]4OCc4ccccc4)[C@@H](NC(C)=O)[C@H](OCCCCCCN=[N+]=[N-])O[C@@H]3COCc3ccccc3)[C@@H]2OC(C)=O)O[C@H](COC(C)=O)[C@@H](OC(C)=O)[C@@H]1O[C@@H]1O[C@H](COC(C)=O)[C@H](OC(C)=O)[C@H](OC(C)=O)[C@H]1OC(C)=O. The predicted octanol–water partition coefficient (Wildman–Crippen LogP) is 7.35. The molecule has 5 saturated heterocycles. The Labute approximate surface area is 741 Å². The third kappa shape index (κ3) is 31.0. The normalized spacial score (nSPS) is 29.2. The highest BCUT2D eigenvalue weighted by Gasteiger charge is 2.62. The van der Waals surface area contributed by atoms with Crippen LogP contribution in [0.1, 0.15) is 145 Å². The van der Waals surface area contributed by atoms with E-state index in [1.807, 2.05) is 109 Å². The van der Waals surface area contributed by atoms with Crippen molar-refractivity contribution in [2.45, 2.75) is 302 Å². The number of hydrogen-bond acceptors (Lipinski definition) is 35. The van der Waals surface area contributed by atoms with Crippen LogP contribution in [-0.4, -0.2) is 259 Å². The van der Waals surface area contributed by atoms with Crippen molar-refractivity contribution in [3.05, 3.63) is 154 Å². The monoisotopic (exact) mass is 1800 g/mol. The van der Waals surface area contributed by atoms with E-state index in [0.717, 1.165) is 73.4 Å². The number of carbonyl (C=O) groups is 11.